The first-order valence-corrected chi connectivity index (χ1v) is 6.22. The molecular formula is C12H21N5. The van der Waals surface area contributed by atoms with E-state index in [0.717, 1.165) is 11.7 Å². The zero-order valence-corrected chi connectivity index (χ0v) is 10.6. The van der Waals surface area contributed by atoms with Crippen LogP contribution in [0.5, 0.6) is 0 Å². The summed E-state index contributed by atoms with van der Waals surface area (Å²) in [5, 5.41) is 0. The first-order valence-electron chi connectivity index (χ1n) is 6.22. The van der Waals surface area contributed by atoms with E-state index in [2.05, 4.69) is 34.3 Å². The second-order valence-corrected chi connectivity index (χ2v) is 4.94. The van der Waals surface area contributed by atoms with E-state index in [0.29, 0.717) is 11.9 Å². The standard InChI is InChI=1S/C12H21N5/c1-9-4-3-5-10(6-9)17(2)12-8-14-7-11(15-12)16-13/h7-10H,3-6,13H2,1-2H3,(H,15,16). The van der Waals surface area contributed by atoms with Gasteiger partial charge in [-0.1, -0.05) is 19.8 Å². The van der Waals surface area contributed by atoms with Crippen LogP contribution in [-0.4, -0.2) is 23.1 Å². The minimum atomic E-state index is 0.570. The number of hydrazine groups is 1. The van der Waals surface area contributed by atoms with Crippen molar-refractivity contribution in [1.82, 2.24) is 9.97 Å². The maximum absolute atomic E-state index is 5.35. The van der Waals surface area contributed by atoms with E-state index < -0.39 is 0 Å². The van der Waals surface area contributed by atoms with Crippen LogP contribution in [0.25, 0.3) is 0 Å². The van der Waals surface area contributed by atoms with Crippen LogP contribution in [0.2, 0.25) is 0 Å². The number of anilines is 2. The summed E-state index contributed by atoms with van der Waals surface area (Å²) in [4.78, 5) is 10.8. The molecule has 1 saturated carbocycles. The van der Waals surface area contributed by atoms with Gasteiger partial charge in [0, 0.05) is 13.1 Å². The summed E-state index contributed by atoms with van der Waals surface area (Å²) >= 11 is 0. The van der Waals surface area contributed by atoms with Crippen molar-refractivity contribution in [3.05, 3.63) is 12.4 Å². The molecule has 1 aliphatic rings. The van der Waals surface area contributed by atoms with Gasteiger partial charge in [0.1, 0.15) is 5.82 Å². The number of nitrogens with one attached hydrogen (secondary N) is 1. The molecule has 0 bridgehead atoms. The van der Waals surface area contributed by atoms with Gasteiger partial charge in [-0.25, -0.2) is 10.8 Å². The van der Waals surface area contributed by atoms with Gasteiger partial charge in [0.15, 0.2) is 5.82 Å². The normalized spacial score (nSPS) is 24.4. The van der Waals surface area contributed by atoms with Crippen LogP contribution in [0.3, 0.4) is 0 Å². The SMILES string of the molecule is CC1CCCC(N(C)c2cncc(NN)n2)C1. The minimum absolute atomic E-state index is 0.570. The average Bonchev–Trinajstić information content (AvgIpc) is 2.38. The molecule has 5 nitrogen and oxygen atoms in total. The maximum atomic E-state index is 5.35. The predicted octanol–water partition coefficient (Wildman–Crippen LogP) is 1.78. The van der Waals surface area contributed by atoms with Gasteiger partial charge in [-0.15, -0.1) is 0 Å². The fourth-order valence-corrected chi connectivity index (χ4v) is 2.54. The van der Waals surface area contributed by atoms with Crippen molar-refractivity contribution in [3.63, 3.8) is 0 Å². The number of rotatable bonds is 3. The van der Waals surface area contributed by atoms with Crippen LogP contribution in [0.1, 0.15) is 32.6 Å². The molecule has 0 amide bonds. The van der Waals surface area contributed by atoms with Gasteiger partial charge in [-0.2, -0.15) is 0 Å². The van der Waals surface area contributed by atoms with Crippen molar-refractivity contribution in [2.45, 2.75) is 38.6 Å². The van der Waals surface area contributed by atoms with Gasteiger partial charge in [-0.05, 0) is 18.8 Å². The average molecular weight is 235 g/mol. The fourth-order valence-electron chi connectivity index (χ4n) is 2.54. The number of nitrogen functional groups attached to an aromatic ring is 1. The maximum Gasteiger partial charge on any atom is 0.160 e. The number of aromatic nitrogens is 2. The highest BCUT2D eigenvalue weighted by molar-refractivity contribution is 5.43. The Morgan fingerprint density at radius 3 is 2.94 bits per heavy atom. The third kappa shape index (κ3) is 2.85. The first-order chi connectivity index (χ1) is 8.20. The third-order valence-electron chi connectivity index (χ3n) is 3.59. The lowest BCUT2D eigenvalue weighted by molar-refractivity contribution is 0.335. The Balaban J connectivity index is 2.09. The van der Waals surface area contributed by atoms with Gasteiger partial charge in [0.05, 0.1) is 12.4 Å². The van der Waals surface area contributed by atoms with Crippen LogP contribution >= 0.6 is 0 Å². The molecule has 3 N–H and O–H groups in total. The Bertz CT molecular complexity index is 368. The summed E-state index contributed by atoms with van der Waals surface area (Å²) in [6.45, 7) is 2.32. The van der Waals surface area contributed by atoms with Crippen molar-refractivity contribution < 1.29 is 0 Å². The molecule has 2 unspecified atom stereocenters. The van der Waals surface area contributed by atoms with E-state index in [1.165, 1.54) is 25.7 Å². The van der Waals surface area contributed by atoms with E-state index >= 15 is 0 Å². The zero-order chi connectivity index (χ0) is 12.3. The van der Waals surface area contributed by atoms with Crippen LogP contribution < -0.4 is 16.2 Å². The fraction of sp³-hybridized carbons (Fsp3) is 0.667. The van der Waals surface area contributed by atoms with E-state index in [4.69, 9.17) is 5.84 Å². The smallest absolute Gasteiger partial charge is 0.160 e. The number of hydrogen-bond donors (Lipinski definition) is 2. The van der Waals surface area contributed by atoms with Gasteiger partial charge in [0.2, 0.25) is 0 Å². The molecule has 1 aliphatic carbocycles. The van der Waals surface area contributed by atoms with Crippen molar-refractivity contribution in [1.29, 1.82) is 0 Å². The summed E-state index contributed by atoms with van der Waals surface area (Å²) in [5.74, 6) is 7.65. The molecule has 1 fully saturated rings. The molecule has 2 atom stereocenters. The molecule has 0 radical (unpaired) electrons. The van der Waals surface area contributed by atoms with Crippen LogP contribution in [0.15, 0.2) is 12.4 Å². The Labute approximate surface area is 102 Å². The molecule has 0 aromatic carbocycles. The highest BCUT2D eigenvalue weighted by atomic mass is 15.3. The summed E-state index contributed by atoms with van der Waals surface area (Å²) < 4.78 is 0. The van der Waals surface area contributed by atoms with E-state index in [-0.39, 0.29) is 0 Å². The summed E-state index contributed by atoms with van der Waals surface area (Å²) in [5.41, 5.74) is 2.53. The minimum Gasteiger partial charge on any atom is -0.355 e. The second-order valence-electron chi connectivity index (χ2n) is 4.94. The molecule has 5 heteroatoms. The monoisotopic (exact) mass is 235 g/mol. The summed E-state index contributed by atoms with van der Waals surface area (Å²) in [7, 11) is 2.09. The van der Waals surface area contributed by atoms with E-state index in [1.54, 1.807) is 12.4 Å². The van der Waals surface area contributed by atoms with E-state index in [1.807, 2.05) is 0 Å². The Morgan fingerprint density at radius 1 is 1.41 bits per heavy atom. The Kier molecular flexibility index (Phi) is 3.78. The molecule has 0 saturated heterocycles. The molecule has 1 aromatic heterocycles. The summed E-state index contributed by atoms with van der Waals surface area (Å²) in [6.07, 6.45) is 8.54. The topological polar surface area (TPSA) is 67.1 Å². The van der Waals surface area contributed by atoms with Gasteiger partial charge < -0.3 is 10.3 Å². The quantitative estimate of drug-likeness (QED) is 0.617. The van der Waals surface area contributed by atoms with Crippen LogP contribution in [0, 0.1) is 5.92 Å². The zero-order valence-electron chi connectivity index (χ0n) is 10.6. The predicted molar refractivity (Wildman–Crippen MR) is 69.7 cm³/mol. The van der Waals surface area contributed by atoms with Crippen molar-refractivity contribution in [3.8, 4) is 0 Å². The number of nitrogens with zero attached hydrogens (tertiary/aromatic N) is 3. The Morgan fingerprint density at radius 2 is 2.24 bits per heavy atom. The highest BCUT2D eigenvalue weighted by Gasteiger charge is 2.23. The molecule has 2 rings (SSSR count). The first kappa shape index (κ1) is 12.1. The molecule has 1 heterocycles. The second kappa shape index (κ2) is 5.31. The Hall–Kier alpha value is -1.36. The van der Waals surface area contributed by atoms with Gasteiger partial charge in [-0.3, -0.25) is 4.98 Å². The largest absolute Gasteiger partial charge is 0.355 e. The lowest BCUT2D eigenvalue weighted by Crippen LogP contribution is -2.36. The van der Waals surface area contributed by atoms with E-state index in [9.17, 15) is 0 Å². The number of hydrogen-bond acceptors (Lipinski definition) is 5. The molecule has 17 heavy (non-hydrogen) atoms. The molecule has 1 aromatic rings. The highest BCUT2D eigenvalue weighted by Crippen LogP contribution is 2.28. The molecule has 94 valence electrons. The van der Waals surface area contributed by atoms with Crippen LogP contribution in [-0.2, 0) is 0 Å². The van der Waals surface area contributed by atoms with Crippen LogP contribution in [0.4, 0.5) is 11.6 Å². The van der Waals surface area contributed by atoms with Crippen molar-refractivity contribution in [2.24, 2.45) is 11.8 Å². The lowest BCUT2D eigenvalue weighted by atomic mass is 9.86. The third-order valence-corrected chi connectivity index (χ3v) is 3.59. The molecule has 0 aliphatic heterocycles. The number of nitrogens with two attached hydrogens (primary N) is 1. The molecular weight excluding hydrogens is 214 g/mol. The lowest BCUT2D eigenvalue weighted by Gasteiger charge is -2.34. The molecule has 0 spiro atoms. The van der Waals surface area contributed by atoms with Gasteiger partial charge in [0.25, 0.3) is 0 Å². The van der Waals surface area contributed by atoms with Gasteiger partial charge >= 0.3 is 0 Å². The van der Waals surface area contributed by atoms with Crippen molar-refractivity contribution in [2.75, 3.05) is 17.4 Å². The van der Waals surface area contributed by atoms with Crippen molar-refractivity contribution >= 4 is 11.6 Å². The summed E-state index contributed by atoms with van der Waals surface area (Å²) in [6, 6.07) is 0.570.